The standard InChI is InChI=1S/C15H17N5O3/c1-10(12-6-11(22-2)4-5-13(12)23-3)18-15(21)8-20-9-17-14(7-16)19-20/h4-6,9-10H,8H2,1-3H3,(H,18,21)/t10-/m1/s1. The number of amides is 1. The molecule has 2 rings (SSSR count). The zero-order valence-corrected chi connectivity index (χ0v) is 13.1. The Hall–Kier alpha value is -3.08. The number of benzene rings is 1. The van der Waals surface area contributed by atoms with Gasteiger partial charge < -0.3 is 14.8 Å². The van der Waals surface area contributed by atoms with Gasteiger partial charge in [-0.1, -0.05) is 0 Å². The highest BCUT2D eigenvalue weighted by atomic mass is 16.5. The zero-order chi connectivity index (χ0) is 16.8. The minimum atomic E-state index is -0.286. The van der Waals surface area contributed by atoms with Crippen LogP contribution >= 0.6 is 0 Å². The van der Waals surface area contributed by atoms with Gasteiger partial charge in [0.25, 0.3) is 5.82 Å². The van der Waals surface area contributed by atoms with Crippen LogP contribution in [0.2, 0.25) is 0 Å². The van der Waals surface area contributed by atoms with Gasteiger partial charge in [0.1, 0.15) is 30.4 Å². The highest BCUT2D eigenvalue weighted by molar-refractivity contribution is 5.76. The highest BCUT2D eigenvalue weighted by Gasteiger charge is 2.16. The second kappa shape index (κ2) is 7.26. The van der Waals surface area contributed by atoms with Crippen LogP contribution in [-0.2, 0) is 11.3 Å². The average molecular weight is 315 g/mol. The fourth-order valence-corrected chi connectivity index (χ4v) is 2.11. The van der Waals surface area contributed by atoms with Crippen molar-refractivity contribution in [1.29, 1.82) is 5.26 Å². The largest absolute Gasteiger partial charge is 0.497 e. The van der Waals surface area contributed by atoms with E-state index in [0.29, 0.717) is 11.5 Å². The van der Waals surface area contributed by atoms with Crippen molar-refractivity contribution < 1.29 is 14.3 Å². The summed E-state index contributed by atoms with van der Waals surface area (Å²) in [6, 6.07) is 6.91. The van der Waals surface area contributed by atoms with E-state index >= 15 is 0 Å². The topological polar surface area (TPSA) is 102 Å². The van der Waals surface area contributed by atoms with E-state index in [1.165, 1.54) is 11.0 Å². The van der Waals surface area contributed by atoms with Crippen molar-refractivity contribution in [3.63, 3.8) is 0 Å². The third-order valence-electron chi connectivity index (χ3n) is 3.22. The molecule has 0 aliphatic rings. The van der Waals surface area contributed by atoms with Crippen molar-refractivity contribution in [3.8, 4) is 17.6 Å². The molecule has 2 aromatic rings. The molecular formula is C15H17N5O3. The molecule has 0 saturated carbocycles. The number of nitrogens with zero attached hydrogens (tertiary/aromatic N) is 4. The molecular weight excluding hydrogens is 298 g/mol. The molecule has 0 saturated heterocycles. The Labute approximate surface area is 133 Å². The van der Waals surface area contributed by atoms with Gasteiger partial charge >= 0.3 is 0 Å². The summed E-state index contributed by atoms with van der Waals surface area (Å²) in [5.41, 5.74) is 0.802. The van der Waals surface area contributed by atoms with Crippen LogP contribution in [0.25, 0.3) is 0 Å². The third kappa shape index (κ3) is 3.97. The fraction of sp³-hybridized carbons (Fsp3) is 0.333. The number of carbonyl (C=O) groups is 1. The number of nitriles is 1. The summed E-state index contributed by atoms with van der Waals surface area (Å²) < 4.78 is 11.8. The number of ether oxygens (including phenoxy) is 2. The van der Waals surface area contributed by atoms with Gasteiger partial charge in [-0.05, 0) is 25.1 Å². The van der Waals surface area contributed by atoms with Crippen LogP contribution in [0.15, 0.2) is 24.5 Å². The zero-order valence-electron chi connectivity index (χ0n) is 13.1. The van der Waals surface area contributed by atoms with Gasteiger partial charge in [0, 0.05) is 5.56 Å². The second-order valence-electron chi connectivity index (χ2n) is 4.77. The molecule has 0 unspecified atom stereocenters. The Balaban J connectivity index is 2.07. The maximum absolute atomic E-state index is 12.1. The van der Waals surface area contributed by atoms with E-state index < -0.39 is 0 Å². The molecule has 23 heavy (non-hydrogen) atoms. The van der Waals surface area contributed by atoms with Crippen molar-refractivity contribution in [2.24, 2.45) is 0 Å². The van der Waals surface area contributed by atoms with E-state index in [1.54, 1.807) is 26.4 Å². The summed E-state index contributed by atoms with van der Waals surface area (Å²) in [6.07, 6.45) is 1.34. The minimum absolute atomic E-state index is 0.0225. The Morgan fingerprint density at radius 3 is 2.83 bits per heavy atom. The predicted octanol–water partition coefficient (Wildman–Crippen LogP) is 1.04. The van der Waals surface area contributed by atoms with E-state index in [-0.39, 0.29) is 24.3 Å². The number of rotatable bonds is 6. The number of aromatic nitrogens is 3. The molecule has 8 nitrogen and oxygen atoms in total. The maximum Gasteiger partial charge on any atom is 0.252 e. The predicted molar refractivity (Wildman–Crippen MR) is 80.8 cm³/mol. The molecule has 1 atom stereocenters. The number of carbonyl (C=O) groups excluding carboxylic acids is 1. The average Bonchev–Trinajstić information content (AvgIpc) is 3.01. The van der Waals surface area contributed by atoms with Crippen molar-refractivity contribution >= 4 is 5.91 Å². The summed E-state index contributed by atoms with van der Waals surface area (Å²) in [6.45, 7) is 1.82. The van der Waals surface area contributed by atoms with Gasteiger partial charge in [-0.2, -0.15) is 5.26 Å². The third-order valence-corrected chi connectivity index (χ3v) is 3.22. The Bertz CT molecular complexity index is 735. The second-order valence-corrected chi connectivity index (χ2v) is 4.77. The summed E-state index contributed by atoms with van der Waals surface area (Å²) in [4.78, 5) is 15.8. The van der Waals surface area contributed by atoms with Crippen LogP contribution < -0.4 is 14.8 Å². The van der Waals surface area contributed by atoms with Crippen LogP contribution in [0.1, 0.15) is 24.4 Å². The minimum Gasteiger partial charge on any atom is -0.497 e. The van der Waals surface area contributed by atoms with Gasteiger partial charge in [-0.3, -0.25) is 4.79 Å². The van der Waals surface area contributed by atoms with Crippen molar-refractivity contribution in [3.05, 3.63) is 35.9 Å². The summed E-state index contributed by atoms with van der Waals surface area (Å²) in [5.74, 6) is 1.11. The maximum atomic E-state index is 12.1. The fourth-order valence-electron chi connectivity index (χ4n) is 2.11. The molecule has 1 amide bonds. The first-order chi connectivity index (χ1) is 11.1. The van der Waals surface area contributed by atoms with Crippen LogP contribution in [0.5, 0.6) is 11.5 Å². The summed E-state index contributed by atoms with van der Waals surface area (Å²) in [7, 11) is 3.14. The van der Waals surface area contributed by atoms with E-state index in [4.69, 9.17) is 14.7 Å². The highest BCUT2D eigenvalue weighted by Crippen LogP contribution is 2.29. The van der Waals surface area contributed by atoms with Crippen LogP contribution in [0.4, 0.5) is 0 Å². The first-order valence-corrected chi connectivity index (χ1v) is 6.88. The van der Waals surface area contributed by atoms with Crippen molar-refractivity contribution in [2.75, 3.05) is 14.2 Å². The molecule has 0 bridgehead atoms. The summed E-state index contributed by atoms with van der Waals surface area (Å²) >= 11 is 0. The lowest BCUT2D eigenvalue weighted by atomic mass is 10.1. The van der Waals surface area contributed by atoms with Gasteiger partial charge in [-0.25, -0.2) is 9.67 Å². The Kier molecular flexibility index (Phi) is 5.15. The van der Waals surface area contributed by atoms with E-state index in [9.17, 15) is 4.79 Å². The molecule has 1 aromatic heterocycles. The quantitative estimate of drug-likeness (QED) is 0.854. The molecule has 8 heteroatoms. The van der Waals surface area contributed by atoms with Gasteiger partial charge in [0.15, 0.2) is 0 Å². The summed E-state index contributed by atoms with van der Waals surface area (Å²) in [5, 5.41) is 15.4. The molecule has 0 aliphatic heterocycles. The first-order valence-electron chi connectivity index (χ1n) is 6.88. The van der Waals surface area contributed by atoms with Crippen LogP contribution in [-0.4, -0.2) is 34.9 Å². The molecule has 0 radical (unpaired) electrons. The van der Waals surface area contributed by atoms with Gasteiger partial charge in [0.05, 0.1) is 20.3 Å². The monoisotopic (exact) mass is 315 g/mol. The van der Waals surface area contributed by atoms with Gasteiger partial charge in [-0.15, -0.1) is 5.10 Å². The number of hydrogen-bond donors (Lipinski definition) is 1. The van der Waals surface area contributed by atoms with Crippen LogP contribution in [0, 0.1) is 11.3 Å². The Morgan fingerprint density at radius 2 is 2.22 bits per heavy atom. The number of nitrogens with one attached hydrogen (secondary N) is 1. The first kappa shape index (κ1) is 16.3. The normalized spacial score (nSPS) is 11.4. The SMILES string of the molecule is COc1ccc(OC)c([C@@H](C)NC(=O)Cn2cnc(C#N)n2)c1. The molecule has 0 aliphatic carbocycles. The van der Waals surface area contributed by atoms with Crippen LogP contribution in [0.3, 0.4) is 0 Å². The number of hydrogen-bond acceptors (Lipinski definition) is 6. The van der Waals surface area contributed by atoms with Crippen molar-refractivity contribution in [1.82, 2.24) is 20.1 Å². The lowest BCUT2D eigenvalue weighted by Crippen LogP contribution is -2.30. The van der Waals surface area contributed by atoms with E-state index in [1.807, 2.05) is 19.1 Å². The molecule has 0 spiro atoms. The Morgan fingerprint density at radius 1 is 1.43 bits per heavy atom. The van der Waals surface area contributed by atoms with Crippen molar-refractivity contribution in [2.45, 2.75) is 19.5 Å². The van der Waals surface area contributed by atoms with E-state index in [2.05, 4.69) is 15.4 Å². The molecule has 1 aromatic carbocycles. The number of methoxy groups -OCH3 is 2. The van der Waals surface area contributed by atoms with E-state index in [0.717, 1.165) is 5.56 Å². The smallest absolute Gasteiger partial charge is 0.252 e. The lowest BCUT2D eigenvalue weighted by Gasteiger charge is -2.18. The molecule has 120 valence electrons. The molecule has 1 N–H and O–H groups in total. The lowest BCUT2D eigenvalue weighted by molar-refractivity contribution is -0.122. The van der Waals surface area contributed by atoms with Gasteiger partial charge in [0.2, 0.25) is 5.91 Å². The molecule has 0 fully saturated rings. The molecule has 1 heterocycles.